The van der Waals surface area contributed by atoms with Crippen LogP contribution in [0.2, 0.25) is 0 Å². The van der Waals surface area contributed by atoms with Gasteiger partial charge in [0.2, 0.25) is 0 Å². The van der Waals surface area contributed by atoms with Crippen molar-refractivity contribution in [2.45, 2.75) is 6.42 Å². The Labute approximate surface area is 100 Å². The van der Waals surface area contributed by atoms with Crippen molar-refractivity contribution in [3.8, 4) is 5.75 Å². The summed E-state index contributed by atoms with van der Waals surface area (Å²) in [4.78, 5) is 10.5. The Balaban J connectivity index is 2.90. The molecule has 0 fully saturated rings. The lowest BCUT2D eigenvalue weighted by Crippen LogP contribution is -2.05. The Morgan fingerprint density at radius 1 is 1.53 bits per heavy atom. The third-order valence-corrected chi connectivity index (χ3v) is 2.29. The quantitative estimate of drug-likeness (QED) is 0.467. The molecular formula is C12H16N2O3. The molecule has 1 aromatic rings. The van der Waals surface area contributed by atoms with Crippen molar-refractivity contribution in [2.24, 2.45) is 0 Å². The number of ether oxygens (including phenoxy) is 1. The molecule has 0 saturated heterocycles. The molecule has 17 heavy (non-hydrogen) atoms. The average molecular weight is 236 g/mol. The van der Waals surface area contributed by atoms with Gasteiger partial charge in [0.05, 0.1) is 23.7 Å². The van der Waals surface area contributed by atoms with Gasteiger partial charge in [-0.15, -0.1) is 0 Å². The maximum absolute atomic E-state index is 10.9. The van der Waals surface area contributed by atoms with Crippen LogP contribution in [0.25, 0.3) is 6.08 Å². The molecule has 0 aliphatic carbocycles. The zero-order valence-corrected chi connectivity index (χ0v) is 9.97. The number of nitro benzene ring substituents is 1. The largest absolute Gasteiger partial charge is 0.497 e. The second kappa shape index (κ2) is 6.65. The molecule has 1 N–H and O–H groups in total. The highest BCUT2D eigenvalue weighted by atomic mass is 16.6. The molecule has 0 unspecified atom stereocenters. The Morgan fingerprint density at radius 2 is 2.29 bits per heavy atom. The van der Waals surface area contributed by atoms with E-state index in [1.165, 1.54) is 13.2 Å². The predicted octanol–water partition coefficient (Wildman–Crippen LogP) is 2.23. The first-order valence-corrected chi connectivity index (χ1v) is 5.32. The van der Waals surface area contributed by atoms with E-state index in [9.17, 15) is 10.1 Å². The van der Waals surface area contributed by atoms with Crippen molar-refractivity contribution in [1.29, 1.82) is 0 Å². The number of rotatable bonds is 6. The lowest BCUT2D eigenvalue weighted by atomic mass is 10.1. The van der Waals surface area contributed by atoms with Gasteiger partial charge in [-0.3, -0.25) is 10.1 Å². The summed E-state index contributed by atoms with van der Waals surface area (Å²) in [6.07, 6.45) is 4.50. The van der Waals surface area contributed by atoms with Crippen LogP contribution in [-0.2, 0) is 0 Å². The SMILES string of the molecule is CNCCC=Cc1ccc(OC)cc1[N+](=O)[O-]. The van der Waals surface area contributed by atoms with Gasteiger partial charge >= 0.3 is 0 Å². The molecule has 1 aromatic carbocycles. The van der Waals surface area contributed by atoms with Gasteiger partial charge in [0.1, 0.15) is 5.75 Å². The molecule has 0 aromatic heterocycles. The zero-order valence-electron chi connectivity index (χ0n) is 9.97. The number of nitro groups is 1. The number of nitrogens with zero attached hydrogens (tertiary/aromatic N) is 1. The normalized spacial score (nSPS) is 10.7. The van der Waals surface area contributed by atoms with Crippen LogP contribution in [0.5, 0.6) is 5.75 Å². The molecule has 1 rings (SSSR count). The highest BCUT2D eigenvalue weighted by Crippen LogP contribution is 2.25. The molecule has 0 saturated carbocycles. The van der Waals surface area contributed by atoms with E-state index >= 15 is 0 Å². The second-order valence-electron chi connectivity index (χ2n) is 3.48. The fraction of sp³-hybridized carbons (Fsp3) is 0.333. The van der Waals surface area contributed by atoms with Crippen LogP contribution in [0.4, 0.5) is 5.69 Å². The summed E-state index contributed by atoms with van der Waals surface area (Å²) in [5, 5.41) is 13.9. The zero-order chi connectivity index (χ0) is 12.7. The van der Waals surface area contributed by atoms with E-state index in [2.05, 4.69) is 5.32 Å². The first kappa shape index (κ1) is 13.2. The van der Waals surface area contributed by atoms with Gasteiger partial charge in [-0.2, -0.15) is 0 Å². The molecule has 92 valence electrons. The van der Waals surface area contributed by atoms with Crippen molar-refractivity contribution in [3.63, 3.8) is 0 Å². The molecule has 5 nitrogen and oxygen atoms in total. The maximum Gasteiger partial charge on any atom is 0.280 e. The number of hydrogen-bond donors (Lipinski definition) is 1. The molecule has 0 aliphatic rings. The number of hydrogen-bond acceptors (Lipinski definition) is 4. The van der Waals surface area contributed by atoms with Crippen LogP contribution in [0.3, 0.4) is 0 Å². The topological polar surface area (TPSA) is 64.4 Å². The Hall–Kier alpha value is -1.88. The van der Waals surface area contributed by atoms with Gasteiger partial charge in [-0.05, 0) is 32.1 Å². The Kier molecular flexibility index (Phi) is 5.16. The van der Waals surface area contributed by atoms with Gasteiger partial charge < -0.3 is 10.1 Å². The van der Waals surface area contributed by atoms with Gasteiger partial charge in [0.15, 0.2) is 0 Å². The molecule has 0 spiro atoms. The first-order chi connectivity index (χ1) is 8.19. The molecule has 5 heteroatoms. The van der Waals surface area contributed by atoms with Crippen LogP contribution >= 0.6 is 0 Å². The summed E-state index contributed by atoms with van der Waals surface area (Å²) in [6, 6.07) is 4.83. The molecule has 0 bridgehead atoms. The summed E-state index contributed by atoms with van der Waals surface area (Å²) in [5.74, 6) is 0.490. The van der Waals surface area contributed by atoms with Crippen LogP contribution in [0.1, 0.15) is 12.0 Å². The van der Waals surface area contributed by atoms with E-state index in [4.69, 9.17) is 4.74 Å². The van der Waals surface area contributed by atoms with E-state index in [-0.39, 0.29) is 5.69 Å². The average Bonchev–Trinajstić information content (AvgIpc) is 2.34. The van der Waals surface area contributed by atoms with Gasteiger partial charge in [-0.1, -0.05) is 12.2 Å². The fourth-order valence-corrected chi connectivity index (χ4v) is 1.39. The van der Waals surface area contributed by atoms with Gasteiger partial charge in [0.25, 0.3) is 5.69 Å². The summed E-state index contributed by atoms with van der Waals surface area (Å²) >= 11 is 0. The van der Waals surface area contributed by atoms with Crippen molar-refractivity contribution in [3.05, 3.63) is 40.0 Å². The van der Waals surface area contributed by atoms with Crippen molar-refractivity contribution >= 4 is 11.8 Å². The maximum atomic E-state index is 10.9. The lowest BCUT2D eigenvalue weighted by Gasteiger charge is -2.02. The highest BCUT2D eigenvalue weighted by molar-refractivity contribution is 5.62. The van der Waals surface area contributed by atoms with Gasteiger partial charge in [0, 0.05) is 0 Å². The molecule has 0 radical (unpaired) electrons. The van der Waals surface area contributed by atoms with E-state index in [0.717, 1.165) is 13.0 Å². The van der Waals surface area contributed by atoms with E-state index in [1.807, 2.05) is 13.1 Å². The summed E-state index contributed by atoms with van der Waals surface area (Å²) in [6.45, 7) is 0.848. The smallest absolute Gasteiger partial charge is 0.280 e. The van der Waals surface area contributed by atoms with Crippen LogP contribution < -0.4 is 10.1 Å². The van der Waals surface area contributed by atoms with Crippen LogP contribution in [-0.4, -0.2) is 25.6 Å². The predicted molar refractivity (Wildman–Crippen MR) is 67.2 cm³/mol. The number of benzene rings is 1. The van der Waals surface area contributed by atoms with Crippen molar-refractivity contribution in [1.82, 2.24) is 5.32 Å². The molecular weight excluding hydrogens is 220 g/mol. The first-order valence-electron chi connectivity index (χ1n) is 5.32. The highest BCUT2D eigenvalue weighted by Gasteiger charge is 2.12. The minimum absolute atomic E-state index is 0.0602. The van der Waals surface area contributed by atoms with Crippen LogP contribution in [0, 0.1) is 10.1 Å². The summed E-state index contributed by atoms with van der Waals surface area (Å²) in [5.41, 5.74) is 0.650. The van der Waals surface area contributed by atoms with Crippen molar-refractivity contribution < 1.29 is 9.66 Å². The Bertz CT molecular complexity index is 416. The molecule has 0 atom stereocenters. The van der Waals surface area contributed by atoms with Gasteiger partial charge in [-0.25, -0.2) is 0 Å². The minimum Gasteiger partial charge on any atom is -0.497 e. The molecule has 0 heterocycles. The second-order valence-corrected chi connectivity index (χ2v) is 3.48. The van der Waals surface area contributed by atoms with E-state index < -0.39 is 4.92 Å². The van der Waals surface area contributed by atoms with Crippen LogP contribution in [0.15, 0.2) is 24.3 Å². The minimum atomic E-state index is -0.403. The molecule has 0 amide bonds. The van der Waals surface area contributed by atoms with E-state index in [1.54, 1.807) is 18.2 Å². The third-order valence-electron chi connectivity index (χ3n) is 2.29. The monoisotopic (exact) mass is 236 g/mol. The Morgan fingerprint density at radius 3 is 2.88 bits per heavy atom. The number of methoxy groups -OCH3 is 1. The summed E-state index contributed by atoms with van der Waals surface area (Å²) in [7, 11) is 3.35. The van der Waals surface area contributed by atoms with Crippen molar-refractivity contribution in [2.75, 3.05) is 20.7 Å². The standard InChI is InChI=1S/C12H16N2O3/c1-13-8-4-3-5-10-6-7-11(17-2)9-12(10)14(15)16/h3,5-7,9,13H,4,8H2,1-2H3. The molecule has 0 aliphatic heterocycles. The van der Waals surface area contributed by atoms with E-state index in [0.29, 0.717) is 11.3 Å². The summed E-state index contributed by atoms with van der Waals surface area (Å²) < 4.78 is 4.96. The fourth-order valence-electron chi connectivity index (χ4n) is 1.39. The lowest BCUT2D eigenvalue weighted by molar-refractivity contribution is -0.385. The number of nitrogens with one attached hydrogen (secondary N) is 1. The third kappa shape index (κ3) is 3.88.